The van der Waals surface area contributed by atoms with E-state index in [4.69, 9.17) is 0 Å². The number of fused-ring (bicyclic) bond motifs is 1. The highest BCUT2D eigenvalue weighted by molar-refractivity contribution is 5.93. The van der Waals surface area contributed by atoms with Crippen LogP contribution in [0.4, 0.5) is 5.69 Å². The molecule has 1 aliphatic heterocycles. The van der Waals surface area contributed by atoms with Crippen LogP contribution in [0.1, 0.15) is 12.8 Å². The third kappa shape index (κ3) is 2.27. The maximum atomic E-state index is 3.68. The lowest BCUT2D eigenvalue weighted by Crippen LogP contribution is -2.35. The summed E-state index contributed by atoms with van der Waals surface area (Å²) >= 11 is 0. The second-order valence-electron chi connectivity index (χ2n) is 4.70. The van der Waals surface area contributed by atoms with Crippen molar-refractivity contribution in [3.05, 3.63) is 42.5 Å². The summed E-state index contributed by atoms with van der Waals surface area (Å²) < 4.78 is 0. The van der Waals surface area contributed by atoms with E-state index in [1.54, 1.807) is 0 Å². The van der Waals surface area contributed by atoms with E-state index >= 15 is 0 Å². The predicted octanol–water partition coefficient (Wildman–Crippen LogP) is 3.00. The topological polar surface area (TPSA) is 24.1 Å². The minimum absolute atomic E-state index is 0.613. The van der Waals surface area contributed by atoms with Gasteiger partial charge in [-0.25, -0.2) is 0 Å². The average Bonchev–Trinajstić information content (AvgIpc) is 2.40. The quantitative estimate of drug-likeness (QED) is 0.822. The third-order valence-electron chi connectivity index (χ3n) is 3.49. The highest BCUT2D eigenvalue weighted by Gasteiger charge is 2.13. The van der Waals surface area contributed by atoms with Crippen LogP contribution in [-0.4, -0.2) is 19.1 Å². The Bertz CT molecular complexity index is 496. The molecule has 1 saturated heterocycles. The molecule has 88 valence electrons. The van der Waals surface area contributed by atoms with Crippen LogP contribution in [0.25, 0.3) is 10.8 Å². The minimum atomic E-state index is 0.613. The van der Waals surface area contributed by atoms with Gasteiger partial charge in [-0.2, -0.15) is 0 Å². The number of piperidine rings is 1. The Morgan fingerprint density at radius 3 is 2.59 bits per heavy atom. The van der Waals surface area contributed by atoms with Crippen LogP contribution >= 0.6 is 0 Å². The zero-order valence-electron chi connectivity index (χ0n) is 9.95. The van der Waals surface area contributed by atoms with Gasteiger partial charge in [0.1, 0.15) is 0 Å². The largest absolute Gasteiger partial charge is 0.382 e. The Morgan fingerprint density at radius 2 is 1.71 bits per heavy atom. The highest BCUT2D eigenvalue weighted by atomic mass is 15.0. The van der Waals surface area contributed by atoms with Crippen molar-refractivity contribution < 1.29 is 0 Å². The van der Waals surface area contributed by atoms with Gasteiger partial charge in [0.05, 0.1) is 0 Å². The molecule has 1 fully saturated rings. The number of rotatable bonds is 2. The summed E-state index contributed by atoms with van der Waals surface area (Å²) in [6.07, 6.45) is 2.42. The fourth-order valence-corrected chi connectivity index (χ4v) is 2.54. The van der Waals surface area contributed by atoms with Crippen molar-refractivity contribution in [1.29, 1.82) is 0 Å². The Morgan fingerprint density at radius 1 is 0.941 bits per heavy atom. The van der Waals surface area contributed by atoms with E-state index < -0.39 is 0 Å². The first-order chi connectivity index (χ1) is 8.43. The number of anilines is 1. The molecule has 0 saturated carbocycles. The molecule has 0 aliphatic carbocycles. The van der Waals surface area contributed by atoms with E-state index in [2.05, 4.69) is 53.1 Å². The Labute approximate surface area is 102 Å². The molecule has 0 radical (unpaired) electrons. The summed E-state index contributed by atoms with van der Waals surface area (Å²) in [5.41, 5.74) is 1.27. The molecule has 2 aromatic rings. The molecule has 0 atom stereocenters. The molecule has 17 heavy (non-hydrogen) atoms. The zero-order valence-corrected chi connectivity index (χ0v) is 9.95. The van der Waals surface area contributed by atoms with Gasteiger partial charge in [0.15, 0.2) is 0 Å². The highest BCUT2D eigenvalue weighted by Crippen LogP contribution is 2.24. The number of hydrogen-bond acceptors (Lipinski definition) is 2. The summed E-state index contributed by atoms with van der Waals surface area (Å²) in [7, 11) is 0. The maximum Gasteiger partial charge on any atom is 0.0422 e. The van der Waals surface area contributed by atoms with Crippen LogP contribution in [0.2, 0.25) is 0 Å². The first kappa shape index (κ1) is 10.6. The van der Waals surface area contributed by atoms with Crippen molar-refractivity contribution >= 4 is 16.5 Å². The molecule has 0 amide bonds. The van der Waals surface area contributed by atoms with Gasteiger partial charge in [0.25, 0.3) is 0 Å². The predicted molar refractivity (Wildman–Crippen MR) is 73.5 cm³/mol. The van der Waals surface area contributed by atoms with Crippen molar-refractivity contribution in [3.63, 3.8) is 0 Å². The summed E-state index contributed by atoms with van der Waals surface area (Å²) in [5, 5.41) is 9.72. The van der Waals surface area contributed by atoms with Crippen molar-refractivity contribution in [2.75, 3.05) is 18.4 Å². The van der Waals surface area contributed by atoms with Gasteiger partial charge >= 0.3 is 0 Å². The van der Waals surface area contributed by atoms with Crippen molar-refractivity contribution in [3.8, 4) is 0 Å². The Kier molecular flexibility index (Phi) is 2.97. The fraction of sp³-hybridized carbons (Fsp3) is 0.333. The van der Waals surface area contributed by atoms with E-state index in [9.17, 15) is 0 Å². The summed E-state index contributed by atoms with van der Waals surface area (Å²) in [6.45, 7) is 2.25. The molecule has 1 heterocycles. The number of benzene rings is 2. The lowest BCUT2D eigenvalue weighted by Gasteiger charge is -2.25. The molecule has 0 aromatic heterocycles. The van der Waals surface area contributed by atoms with Gasteiger partial charge in [0, 0.05) is 17.1 Å². The van der Waals surface area contributed by atoms with Crippen molar-refractivity contribution in [2.45, 2.75) is 18.9 Å². The van der Waals surface area contributed by atoms with Crippen LogP contribution in [0, 0.1) is 0 Å². The Hall–Kier alpha value is -1.54. The first-order valence-electron chi connectivity index (χ1n) is 6.38. The Balaban J connectivity index is 1.89. The van der Waals surface area contributed by atoms with Crippen LogP contribution in [0.5, 0.6) is 0 Å². The lowest BCUT2D eigenvalue weighted by molar-refractivity contribution is 0.479. The van der Waals surface area contributed by atoms with Gasteiger partial charge in [-0.1, -0.05) is 36.4 Å². The molecule has 2 nitrogen and oxygen atoms in total. The second-order valence-corrected chi connectivity index (χ2v) is 4.70. The van der Waals surface area contributed by atoms with E-state index in [0.29, 0.717) is 6.04 Å². The van der Waals surface area contributed by atoms with E-state index in [1.165, 1.54) is 29.3 Å². The van der Waals surface area contributed by atoms with Gasteiger partial charge in [-0.3, -0.25) is 0 Å². The van der Waals surface area contributed by atoms with E-state index in [1.807, 2.05) is 0 Å². The van der Waals surface area contributed by atoms with Crippen LogP contribution in [0.3, 0.4) is 0 Å². The van der Waals surface area contributed by atoms with E-state index in [-0.39, 0.29) is 0 Å². The smallest absolute Gasteiger partial charge is 0.0422 e. The second kappa shape index (κ2) is 4.76. The summed E-state index contributed by atoms with van der Waals surface area (Å²) in [6, 6.07) is 15.7. The van der Waals surface area contributed by atoms with Gasteiger partial charge in [0.2, 0.25) is 0 Å². The molecule has 2 N–H and O–H groups in total. The molecule has 2 heteroatoms. The van der Waals surface area contributed by atoms with Gasteiger partial charge < -0.3 is 10.6 Å². The molecule has 0 unspecified atom stereocenters. The SMILES string of the molecule is c1ccc2c(NC3CCNCC3)cccc2c1. The minimum Gasteiger partial charge on any atom is -0.382 e. The van der Waals surface area contributed by atoms with E-state index in [0.717, 1.165) is 13.1 Å². The van der Waals surface area contributed by atoms with Crippen molar-refractivity contribution in [1.82, 2.24) is 5.32 Å². The molecule has 0 bridgehead atoms. The monoisotopic (exact) mass is 226 g/mol. The van der Waals surface area contributed by atoms with Gasteiger partial charge in [-0.15, -0.1) is 0 Å². The molecule has 1 aliphatic rings. The molecule has 0 spiro atoms. The zero-order chi connectivity index (χ0) is 11.5. The maximum absolute atomic E-state index is 3.68. The lowest BCUT2D eigenvalue weighted by atomic mass is 10.0. The van der Waals surface area contributed by atoms with Gasteiger partial charge in [-0.05, 0) is 37.4 Å². The molecule has 2 aromatic carbocycles. The van der Waals surface area contributed by atoms with Crippen LogP contribution in [-0.2, 0) is 0 Å². The van der Waals surface area contributed by atoms with Crippen LogP contribution < -0.4 is 10.6 Å². The van der Waals surface area contributed by atoms with Crippen molar-refractivity contribution in [2.24, 2.45) is 0 Å². The normalized spacial score (nSPS) is 17.2. The number of nitrogens with one attached hydrogen (secondary N) is 2. The first-order valence-corrected chi connectivity index (χ1v) is 6.38. The standard InChI is InChI=1S/C15H18N2/c1-2-6-14-12(4-1)5-3-7-15(14)17-13-8-10-16-11-9-13/h1-7,13,16-17H,8-11H2. The summed E-state index contributed by atoms with van der Waals surface area (Å²) in [4.78, 5) is 0. The number of hydrogen-bond donors (Lipinski definition) is 2. The molecular formula is C15H18N2. The molecular weight excluding hydrogens is 208 g/mol. The van der Waals surface area contributed by atoms with Crippen LogP contribution in [0.15, 0.2) is 42.5 Å². The molecule has 3 rings (SSSR count). The average molecular weight is 226 g/mol. The fourth-order valence-electron chi connectivity index (χ4n) is 2.54. The third-order valence-corrected chi connectivity index (χ3v) is 3.49. The summed E-state index contributed by atoms with van der Waals surface area (Å²) in [5.74, 6) is 0.